The molecule has 22 heavy (non-hydrogen) atoms. The number of amides is 1. The molecule has 0 radical (unpaired) electrons. The summed E-state index contributed by atoms with van der Waals surface area (Å²) in [4.78, 5) is 18.6. The molecule has 0 saturated carbocycles. The lowest BCUT2D eigenvalue weighted by molar-refractivity contribution is -0.130. The van der Waals surface area contributed by atoms with Gasteiger partial charge in [0, 0.05) is 51.7 Å². The number of rotatable bonds is 2. The van der Waals surface area contributed by atoms with E-state index in [1.165, 1.54) is 5.56 Å². The van der Waals surface area contributed by atoms with Crippen molar-refractivity contribution in [3.05, 3.63) is 35.9 Å². The van der Waals surface area contributed by atoms with Crippen LogP contribution in [0.3, 0.4) is 0 Å². The number of hydrogen-bond donors (Lipinski definition) is 0. The van der Waals surface area contributed by atoms with Crippen molar-refractivity contribution < 1.29 is 4.79 Å². The van der Waals surface area contributed by atoms with Crippen molar-refractivity contribution in [3.8, 4) is 0 Å². The van der Waals surface area contributed by atoms with Gasteiger partial charge in [-0.2, -0.15) is 0 Å². The maximum Gasteiger partial charge on any atom is 0.219 e. The molecule has 1 aromatic carbocycles. The Morgan fingerprint density at radius 2 is 1.73 bits per heavy atom. The minimum absolute atomic E-state index is 0.221. The largest absolute Gasteiger partial charge is 0.343 e. The van der Waals surface area contributed by atoms with Crippen molar-refractivity contribution in [3.63, 3.8) is 0 Å². The fourth-order valence-corrected chi connectivity index (χ4v) is 3.81. The maximum atomic E-state index is 11.5. The second kappa shape index (κ2) is 6.80. The van der Waals surface area contributed by atoms with Crippen molar-refractivity contribution in [1.82, 2.24) is 14.7 Å². The van der Waals surface area contributed by atoms with Gasteiger partial charge in [-0.25, -0.2) is 0 Å². The summed E-state index contributed by atoms with van der Waals surface area (Å²) in [5, 5.41) is 0. The molecular formula is C18H27N3O. The molecule has 2 saturated heterocycles. The van der Waals surface area contributed by atoms with Gasteiger partial charge in [0.1, 0.15) is 0 Å². The second-order valence-electron chi connectivity index (χ2n) is 6.64. The molecule has 4 nitrogen and oxygen atoms in total. The Balaban J connectivity index is 1.63. The van der Waals surface area contributed by atoms with Crippen LogP contribution in [-0.2, 0) is 4.79 Å². The maximum absolute atomic E-state index is 11.5. The molecule has 0 N–H and O–H groups in total. The molecule has 2 aliphatic heterocycles. The summed E-state index contributed by atoms with van der Waals surface area (Å²) in [6.45, 7) is 6.88. The predicted molar refractivity (Wildman–Crippen MR) is 88.7 cm³/mol. The molecule has 1 aromatic rings. The van der Waals surface area contributed by atoms with Crippen LogP contribution in [0.2, 0.25) is 0 Å². The van der Waals surface area contributed by atoms with Crippen molar-refractivity contribution >= 4 is 5.91 Å². The molecule has 2 heterocycles. The number of nitrogens with zero attached hydrogens (tertiary/aromatic N) is 3. The first-order chi connectivity index (χ1) is 10.6. The Kier molecular flexibility index (Phi) is 4.79. The van der Waals surface area contributed by atoms with E-state index in [-0.39, 0.29) is 5.91 Å². The zero-order valence-corrected chi connectivity index (χ0v) is 13.7. The summed E-state index contributed by atoms with van der Waals surface area (Å²) in [5.41, 5.74) is 1.41. The monoisotopic (exact) mass is 301 g/mol. The third-order valence-corrected chi connectivity index (χ3v) is 5.29. The van der Waals surface area contributed by atoms with E-state index < -0.39 is 0 Å². The van der Waals surface area contributed by atoms with Crippen LogP contribution in [-0.4, -0.2) is 66.4 Å². The number of likely N-dealkylation sites (tertiary alicyclic amines) is 1. The Morgan fingerprint density at radius 1 is 1.05 bits per heavy atom. The number of likely N-dealkylation sites (N-methyl/N-ethyl adjacent to an activating group) is 1. The predicted octanol–water partition coefficient (Wildman–Crippen LogP) is 1.99. The van der Waals surface area contributed by atoms with Gasteiger partial charge in [-0.3, -0.25) is 14.6 Å². The average molecular weight is 301 g/mol. The van der Waals surface area contributed by atoms with Crippen LogP contribution in [0.25, 0.3) is 0 Å². The minimum atomic E-state index is 0.221. The molecule has 1 atom stereocenters. The number of piperazine rings is 1. The number of carbonyl (C=O) groups is 1. The minimum Gasteiger partial charge on any atom is -0.343 e. The summed E-state index contributed by atoms with van der Waals surface area (Å²) in [7, 11) is 2.23. The quantitative estimate of drug-likeness (QED) is 0.836. The third-order valence-electron chi connectivity index (χ3n) is 5.29. The van der Waals surface area contributed by atoms with Crippen LogP contribution in [0.1, 0.15) is 31.4 Å². The fourth-order valence-electron chi connectivity index (χ4n) is 3.81. The first kappa shape index (κ1) is 15.5. The molecule has 120 valence electrons. The highest BCUT2D eigenvalue weighted by Gasteiger charge is 2.31. The zero-order valence-electron chi connectivity index (χ0n) is 13.7. The van der Waals surface area contributed by atoms with Crippen molar-refractivity contribution in [2.45, 2.75) is 31.8 Å². The third kappa shape index (κ3) is 3.33. The summed E-state index contributed by atoms with van der Waals surface area (Å²) < 4.78 is 0. The molecule has 4 heteroatoms. The van der Waals surface area contributed by atoms with E-state index in [9.17, 15) is 4.79 Å². The number of piperidine rings is 1. The molecule has 1 amide bonds. The molecule has 2 fully saturated rings. The lowest BCUT2D eigenvalue weighted by atomic mass is 9.98. The Bertz CT molecular complexity index is 496. The van der Waals surface area contributed by atoms with E-state index in [0.29, 0.717) is 12.1 Å². The van der Waals surface area contributed by atoms with Crippen molar-refractivity contribution in [2.24, 2.45) is 0 Å². The van der Waals surface area contributed by atoms with Crippen LogP contribution in [0.15, 0.2) is 30.3 Å². The molecule has 0 aliphatic carbocycles. The smallest absolute Gasteiger partial charge is 0.219 e. The van der Waals surface area contributed by atoms with Gasteiger partial charge in [0.2, 0.25) is 5.91 Å². The SMILES string of the molecule is CC(=O)N1CCC(N2CCN(C)[C@H](c3ccccc3)C2)CC1. The zero-order chi connectivity index (χ0) is 15.5. The van der Waals surface area contributed by atoms with Crippen molar-refractivity contribution in [1.29, 1.82) is 0 Å². The van der Waals surface area contributed by atoms with E-state index in [2.05, 4.69) is 47.2 Å². The molecule has 0 spiro atoms. The topological polar surface area (TPSA) is 26.8 Å². The van der Waals surface area contributed by atoms with Gasteiger partial charge in [-0.1, -0.05) is 30.3 Å². The highest BCUT2D eigenvalue weighted by molar-refractivity contribution is 5.73. The van der Waals surface area contributed by atoms with E-state index in [1.807, 2.05) is 4.90 Å². The second-order valence-corrected chi connectivity index (χ2v) is 6.64. The van der Waals surface area contributed by atoms with E-state index in [4.69, 9.17) is 0 Å². The molecule has 0 bridgehead atoms. The Labute approximate surface area is 133 Å². The molecular weight excluding hydrogens is 274 g/mol. The Morgan fingerprint density at radius 3 is 2.36 bits per heavy atom. The first-order valence-corrected chi connectivity index (χ1v) is 8.40. The number of hydrogen-bond acceptors (Lipinski definition) is 3. The number of benzene rings is 1. The van der Waals surface area contributed by atoms with Gasteiger partial charge < -0.3 is 4.90 Å². The summed E-state index contributed by atoms with van der Waals surface area (Å²) in [6.07, 6.45) is 2.23. The van der Waals surface area contributed by atoms with Crippen LogP contribution < -0.4 is 0 Å². The van der Waals surface area contributed by atoms with Gasteiger partial charge in [0.25, 0.3) is 0 Å². The highest BCUT2D eigenvalue weighted by atomic mass is 16.2. The lowest BCUT2D eigenvalue weighted by Gasteiger charge is -2.45. The first-order valence-electron chi connectivity index (χ1n) is 8.40. The summed E-state index contributed by atoms with van der Waals surface area (Å²) in [5.74, 6) is 0.221. The fraction of sp³-hybridized carbons (Fsp3) is 0.611. The standard InChI is InChI=1S/C18H27N3O/c1-15(22)20-10-8-17(9-11-20)21-13-12-19(2)18(14-21)16-6-4-3-5-7-16/h3-7,17-18H,8-14H2,1-2H3/t18-/m0/s1. The van der Waals surface area contributed by atoms with Crippen molar-refractivity contribution in [2.75, 3.05) is 39.8 Å². The normalized spacial score (nSPS) is 25.4. The van der Waals surface area contributed by atoms with Crippen LogP contribution in [0.5, 0.6) is 0 Å². The number of carbonyl (C=O) groups excluding carboxylic acids is 1. The van der Waals surface area contributed by atoms with Gasteiger partial charge >= 0.3 is 0 Å². The summed E-state index contributed by atoms with van der Waals surface area (Å²) in [6, 6.07) is 11.9. The van der Waals surface area contributed by atoms with Crippen LogP contribution in [0.4, 0.5) is 0 Å². The average Bonchev–Trinajstić information content (AvgIpc) is 2.56. The van der Waals surface area contributed by atoms with Crippen LogP contribution >= 0.6 is 0 Å². The highest BCUT2D eigenvalue weighted by Crippen LogP contribution is 2.27. The molecule has 3 rings (SSSR count). The van der Waals surface area contributed by atoms with Gasteiger partial charge in [0.15, 0.2) is 0 Å². The van der Waals surface area contributed by atoms with E-state index in [0.717, 1.165) is 45.6 Å². The molecule has 2 aliphatic rings. The van der Waals surface area contributed by atoms with E-state index in [1.54, 1.807) is 6.92 Å². The van der Waals surface area contributed by atoms with E-state index >= 15 is 0 Å². The Hall–Kier alpha value is -1.39. The van der Waals surface area contributed by atoms with Gasteiger partial charge in [-0.05, 0) is 25.5 Å². The van der Waals surface area contributed by atoms with Gasteiger partial charge in [-0.15, -0.1) is 0 Å². The molecule has 0 aromatic heterocycles. The lowest BCUT2D eigenvalue weighted by Crippen LogP contribution is -2.53. The summed E-state index contributed by atoms with van der Waals surface area (Å²) >= 11 is 0. The van der Waals surface area contributed by atoms with Crippen LogP contribution in [0, 0.1) is 0 Å². The van der Waals surface area contributed by atoms with Gasteiger partial charge in [0.05, 0.1) is 0 Å². The molecule has 0 unspecified atom stereocenters.